The van der Waals surface area contributed by atoms with Gasteiger partial charge in [-0.2, -0.15) is 9.65 Å². The van der Waals surface area contributed by atoms with Gasteiger partial charge in [-0.3, -0.25) is 0 Å². The minimum atomic E-state index is -3.12. The molecule has 1 unspecified atom stereocenters. The van der Waals surface area contributed by atoms with E-state index in [0.29, 0.717) is 6.17 Å². The molecule has 0 spiro atoms. The summed E-state index contributed by atoms with van der Waals surface area (Å²) in [6.45, 7) is 0. The van der Waals surface area contributed by atoms with Gasteiger partial charge in [-0.1, -0.05) is 0 Å². The number of nitriles is 1. The van der Waals surface area contributed by atoms with Gasteiger partial charge in [-0.05, 0) is 28.5 Å². The highest BCUT2D eigenvalue weighted by atomic mass is 127. The van der Waals surface area contributed by atoms with Gasteiger partial charge in [-0.15, -0.1) is 4.39 Å². The molecule has 6 heteroatoms. The normalized spacial score (nSPS) is 16.3. The predicted molar refractivity (Wildman–Crippen MR) is 41.6 cm³/mol. The highest BCUT2D eigenvalue weighted by Gasteiger charge is 2.33. The van der Waals surface area contributed by atoms with Crippen LogP contribution in [0.2, 0.25) is 0 Å². The van der Waals surface area contributed by atoms with Crippen molar-refractivity contribution in [2.24, 2.45) is 0 Å². The molecule has 0 bridgehead atoms. The molecule has 0 saturated carbocycles. The number of halogens is 5. The molecule has 1 nitrogen and oxygen atoms in total. The Morgan fingerprint density at radius 1 is 1.42 bits per heavy atom. The van der Waals surface area contributed by atoms with Crippen molar-refractivity contribution >= 4 is 22.6 Å². The van der Waals surface area contributed by atoms with Gasteiger partial charge in [0.25, 0.3) is 3.68 Å². The van der Waals surface area contributed by atoms with Crippen LogP contribution in [-0.2, 0) is 0 Å². The number of nitrogens with zero attached hydrogens (tertiary/aromatic N) is 1. The molecule has 0 fully saturated rings. The number of alkyl halides is 2. The van der Waals surface area contributed by atoms with Crippen molar-refractivity contribution in [1.29, 1.82) is 5.26 Å². The Bertz CT molecular complexity index is 304. The first kappa shape index (κ1) is 11.2. The van der Waals surface area contributed by atoms with Crippen LogP contribution in [0.15, 0.2) is 11.7 Å². The van der Waals surface area contributed by atoms with Gasteiger partial charge in [0, 0.05) is 0 Å². The number of hydrogen-bond acceptors (Lipinski definition) is 1. The summed E-state index contributed by atoms with van der Waals surface area (Å²) in [5, 5.41) is 7.80. The van der Waals surface area contributed by atoms with Crippen LogP contribution in [0.25, 0.3) is 0 Å². The Hall–Kier alpha value is -0.760. The molecule has 0 aliphatic rings. The zero-order chi connectivity index (χ0) is 9.78. The van der Waals surface area contributed by atoms with E-state index in [1.807, 2.05) is 0 Å². The minimum absolute atomic E-state index is 0.585. The van der Waals surface area contributed by atoms with Crippen molar-refractivity contribution in [1.82, 2.24) is 0 Å². The Labute approximate surface area is 79.2 Å². The summed E-state index contributed by atoms with van der Waals surface area (Å²) in [6, 6.07) is 0.732. The van der Waals surface area contributed by atoms with Crippen LogP contribution in [0, 0.1) is 23.4 Å². The lowest BCUT2D eigenvalue weighted by Crippen LogP contribution is -2.11. The molecule has 0 rings (SSSR count). The first-order valence-electron chi connectivity index (χ1n) is 2.42. The average Bonchev–Trinajstić information content (AvgIpc) is 2.01. The maximum absolute atomic E-state index is 12.7. The molecule has 0 aromatic carbocycles. The molecule has 1 atom stereocenters. The SMILES string of the molecule is N#CC(F)=C(F)C(F)(I)C#CF. The molecule has 0 heterocycles. The molecule has 0 radical (unpaired) electrons. The Kier molecular flexibility index (Phi) is 4.04. The van der Waals surface area contributed by atoms with E-state index in [0.717, 1.165) is 34.6 Å². The summed E-state index contributed by atoms with van der Waals surface area (Å²) in [7, 11) is 0. The zero-order valence-electron chi connectivity index (χ0n) is 5.34. The summed E-state index contributed by atoms with van der Waals surface area (Å²) in [6.07, 6.45) is 0.585. The maximum Gasteiger partial charge on any atom is 0.277 e. The first-order chi connectivity index (χ1) is 5.45. The number of rotatable bonds is 1. The second-order valence-corrected chi connectivity index (χ2v) is 3.02. The average molecular weight is 289 g/mol. The van der Waals surface area contributed by atoms with Crippen molar-refractivity contribution in [3.63, 3.8) is 0 Å². The smallest absolute Gasteiger partial charge is 0.210 e. The van der Waals surface area contributed by atoms with Crippen molar-refractivity contribution in [3.05, 3.63) is 11.7 Å². The molecule has 0 aliphatic heterocycles. The summed E-state index contributed by atoms with van der Waals surface area (Å²) in [5.41, 5.74) is 0. The lowest BCUT2D eigenvalue weighted by Gasteiger charge is -2.05. The van der Waals surface area contributed by atoms with E-state index in [-0.39, 0.29) is 0 Å². The summed E-state index contributed by atoms with van der Waals surface area (Å²) in [5.74, 6) is -2.86. The van der Waals surface area contributed by atoms with Crippen LogP contribution >= 0.6 is 22.6 Å². The van der Waals surface area contributed by atoms with Gasteiger partial charge in [0.15, 0.2) is 0 Å². The lowest BCUT2D eigenvalue weighted by atomic mass is 10.3. The standard InChI is InChI=1S/C6F4IN/c7-2-1-6(10,11)5(9)4(8)3-12. The minimum Gasteiger partial charge on any atom is -0.210 e. The monoisotopic (exact) mass is 289 g/mol. The number of hydrogen-bond donors (Lipinski definition) is 0. The zero-order valence-corrected chi connectivity index (χ0v) is 7.49. The molecule has 0 aliphatic carbocycles. The van der Waals surface area contributed by atoms with Gasteiger partial charge >= 0.3 is 0 Å². The largest absolute Gasteiger partial charge is 0.277 e. The van der Waals surface area contributed by atoms with Crippen LogP contribution in [0.5, 0.6) is 0 Å². The highest BCUT2D eigenvalue weighted by Crippen LogP contribution is 2.32. The van der Waals surface area contributed by atoms with Crippen LogP contribution in [0.4, 0.5) is 17.6 Å². The molecule has 0 N–H and O–H groups in total. The molecule has 0 aromatic heterocycles. The van der Waals surface area contributed by atoms with Gasteiger partial charge < -0.3 is 0 Å². The second kappa shape index (κ2) is 4.31. The predicted octanol–water partition coefficient (Wildman–Crippen LogP) is 2.69. The van der Waals surface area contributed by atoms with E-state index < -0.39 is 15.3 Å². The van der Waals surface area contributed by atoms with E-state index in [2.05, 4.69) is 0 Å². The highest BCUT2D eigenvalue weighted by molar-refractivity contribution is 14.1. The van der Waals surface area contributed by atoms with E-state index >= 15 is 0 Å². The topological polar surface area (TPSA) is 23.8 Å². The number of allylic oxidation sites excluding steroid dienone is 2. The van der Waals surface area contributed by atoms with Gasteiger partial charge in [0.05, 0.1) is 0 Å². The van der Waals surface area contributed by atoms with Gasteiger partial charge in [0.2, 0.25) is 11.7 Å². The third kappa shape index (κ3) is 2.70. The third-order valence-electron chi connectivity index (χ3n) is 0.771. The molecule has 64 valence electrons. The summed E-state index contributed by atoms with van der Waals surface area (Å²) < 4.78 is 45.2. The van der Waals surface area contributed by atoms with E-state index in [1.54, 1.807) is 0 Å². The van der Waals surface area contributed by atoms with Crippen LogP contribution in [-0.4, -0.2) is 3.68 Å². The van der Waals surface area contributed by atoms with Crippen molar-refractivity contribution in [2.45, 2.75) is 3.68 Å². The fourth-order valence-electron chi connectivity index (χ4n) is 0.301. The Balaban J connectivity index is 5.04. The fourth-order valence-corrected chi connectivity index (χ4v) is 0.640. The van der Waals surface area contributed by atoms with Crippen LogP contribution < -0.4 is 0 Å². The Morgan fingerprint density at radius 2 is 1.92 bits per heavy atom. The van der Waals surface area contributed by atoms with Crippen molar-refractivity contribution < 1.29 is 17.6 Å². The van der Waals surface area contributed by atoms with Crippen molar-refractivity contribution in [2.75, 3.05) is 0 Å². The lowest BCUT2D eigenvalue weighted by molar-refractivity contribution is 0.359. The van der Waals surface area contributed by atoms with Crippen LogP contribution in [0.1, 0.15) is 0 Å². The first-order valence-corrected chi connectivity index (χ1v) is 3.50. The summed E-state index contributed by atoms with van der Waals surface area (Å²) >= 11 is 0.736. The quantitative estimate of drug-likeness (QED) is 0.239. The molecular weight excluding hydrogens is 289 g/mol. The van der Waals surface area contributed by atoms with E-state index in [9.17, 15) is 17.6 Å². The van der Waals surface area contributed by atoms with Crippen molar-refractivity contribution in [3.8, 4) is 18.2 Å². The Morgan fingerprint density at radius 3 is 2.25 bits per heavy atom. The van der Waals surface area contributed by atoms with Gasteiger partial charge in [-0.25, -0.2) is 8.78 Å². The van der Waals surface area contributed by atoms with Gasteiger partial charge in [0.1, 0.15) is 12.2 Å². The van der Waals surface area contributed by atoms with E-state index in [4.69, 9.17) is 5.26 Å². The maximum atomic E-state index is 12.7. The molecule has 12 heavy (non-hydrogen) atoms. The molecule has 0 amide bonds. The molecule has 0 saturated heterocycles. The van der Waals surface area contributed by atoms with Crippen LogP contribution in [0.3, 0.4) is 0 Å². The fraction of sp³-hybridized carbons (Fsp3) is 0.167. The third-order valence-corrected chi connectivity index (χ3v) is 1.51. The van der Waals surface area contributed by atoms with E-state index in [1.165, 1.54) is 0 Å². The molecule has 0 aromatic rings. The molecular formula is C6F4IN. The second-order valence-electron chi connectivity index (χ2n) is 1.53. The summed E-state index contributed by atoms with van der Waals surface area (Å²) in [4.78, 5) is 0.